The van der Waals surface area contributed by atoms with E-state index in [-0.39, 0.29) is 11.7 Å². The van der Waals surface area contributed by atoms with Crippen molar-refractivity contribution in [2.24, 2.45) is 5.92 Å². The summed E-state index contributed by atoms with van der Waals surface area (Å²) in [5.74, 6) is -0.0506. The SMILES string of the molecule is CC(=O)Nc1ncc(CN2CCC(Cc3ccc(OC(F)(F)F)cn3)C2)s1. The minimum Gasteiger partial charge on any atom is -0.404 e. The van der Waals surface area contributed by atoms with Gasteiger partial charge in [-0.05, 0) is 37.4 Å². The molecule has 1 unspecified atom stereocenters. The molecule has 6 nitrogen and oxygen atoms in total. The molecular formula is C17H19F3N4O2S. The Kier molecular flexibility index (Phi) is 5.95. The first-order valence-corrected chi connectivity index (χ1v) is 9.24. The molecule has 3 rings (SSSR count). The summed E-state index contributed by atoms with van der Waals surface area (Å²) in [7, 11) is 0. The van der Waals surface area contributed by atoms with Gasteiger partial charge < -0.3 is 10.1 Å². The molecule has 2 aromatic rings. The van der Waals surface area contributed by atoms with E-state index in [1.807, 2.05) is 0 Å². The van der Waals surface area contributed by atoms with Crippen LogP contribution < -0.4 is 10.1 Å². The second-order valence-electron chi connectivity index (χ2n) is 6.44. The van der Waals surface area contributed by atoms with Crippen molar-refractivity contribution in [1.29, 1.82) is 0 Å². The first-order chi connectivity index (χ1) is 12.8. The molecule has 2 aromatic heterocycles. The summed E-state index contributed by atoms with van der Waals surface area (Å²) >= 11 is 1.46. The number of amides is 1. The zero-order chi connectivity index (χ0) is 19.4. The van der Waals surface area contributed by atoms with E-state index in [0.717, 1.165) is 42.8 Å². The second kappa shape index (κ2) is 8.22. The Bertz CT molecular complexity index is 779. The van der Waals surface area contributed by atoms with Crippen molar-refractivity contribution in [3.8, 4) is 5.75 Å². The van der Waals surface area contributed by atoms with Gasteiger partial charge in [-0.2, -0.15) is 0 Å². The van der Waals surface area contributed by atoms with E-state index < -0.39 is 6.36 Å². The van der Waals surface area contributed by atoms with E-state index in [4.69, 9.17) is 0 Å². The molecule has 1 aliphatic heterocycles. The molecule has 1 amide bonds. The summed E-state index contributed by atoms with van der Waals surface area (Å²) in [6, 6.07) is 2.87. The predicted molar refractivity (Wildman–Crippen MR) is 94.4 cm³/mol. The molecule has 0 bridgehead atoms. The van der Waals surface area contributed by atoms with E-state index in [2.05, 4.69) is 24.9 Å². The van der Waals surface area contributed by atoms with Gasteiger partial charge in [0.25, 0.3) is 0 Å². The summed E-state index contributed by atoms with van der Waals surface area (Å²) in [5.41, 5.74) is 0.752. The van der Waals surface area contributed by atoms with Crippen LogP contribution in [0.15, 0.2) is 24.5 Å². The molecule has 0 radical (unpaired) electrons. The number of anilines is 1. The molecular weight excluding hydrogens is 381 g/mol. The molecule has 0 spiro atoms. The van der Waals surface area contributed by atoms with Crippen molar-refractivity contribution < 1.29 is 22.7 Å². The lowest BCUT2D eigenvalue weighted by Gasteiger charge is -2.14. The Balaban J connectivity index is 1.48. The van der Waals surface area contributed by atoms with E-state index in [1.54, 1.807) is 12.3 Å². The number of hydrogen-bond acceptors (Lipinski definition) is 6. The third-order valence-electron chi connectivity index (χ3n) is 4.11. The van der Waals surface area contributed by atoms with Gasteiger partial charge in [0.05, 0.1) is 6.20 Å². The second-order valence-corrected chi connectivity index (χ2v) is 7.56. The average Bonchev–Trinajstić information content (AvgIpc) is 3.17. The number of halogens is 3. The first kappa shape index (κ1) is 19.6. The fraction of sp³-hybridized carbons (Fsp3) is 0.471. The Labute approximate surface area is 158 Å². The molecule has 1 N–H and O–H groups in total. The Morgan fingerprint density at radius 1 is 1.37 bits per heavy atom. The number of nitrogens with zero attached hydrogens (tertiary/aromatic N) is 3. The van der Waals surface area contributed by atoms with Crippen LogP contribution in [0.3, 0.4) is 0 Å². The van der Waals surface area contributed by atoms with Crippen LogP contribution in [0.4, 0.5) is 18.3 Å². The minimum atomic E-state index is -4.70. The lowest BCUT2D eigenvalue weighted by atomic mass is 10.0. The smallest absolute Gasteiger partial charge is 0.404 e. The maximum Gasteiger partial charge on any atom is 0.573 e. The van der Waals surface area contributed by atoms with Crippen molar-refractivity contribution in [3.05, 3.63) is 35.1 Å². The number of carbonyl (C=O) groups excluding carboxylic acids is 1. The zero-order valence-corrected chi connectivity index (χ0v) is 15.4. The summed E-state index contributed by atoms with van der Waals surface area (Å²) in [6.07, 6.45) is -0.116. The molecule has 1 aliphatic rings. The number of thiazole rings is 1. The molecule has 0 saturated carbocycles. The van der Waals surface area contributed by atoms with Crippen molar-refractivity contribution in [1.82, 2.24) is 14.9 Å². The van der Waals surface area contributed by atoms with E-state index in [1.165, 1.54) is 24.3 Å². The van der Waals surface area contributed by atoms with Gasteiger partial charge in [0, 0.05) is 36.8 Å². The fourth-order valence-corrected chi connectivity index (χ4v) is 3.95. The first-order valence-electron chi connectivity index (χ1n) is 8.42. The number of alkyl halides is 3. The van der Waals surface area contributed by atoms with E-state index >= 15 is 0 Å². The van der Waals surface area contributed by atoms with Gasteiger partial charge in [-0.1, -0.05) is 0 Å². The van der Waals surface area contributed by atoms with Crippen LogP contribution in [0, 0.1) is 5.92 Å². The quantitative estimate of drug-likeness (QED) is 0.804. The highest BCUT2D eigenvalue weighted by atomic mass is 32.1. The summed E-state index contributed by atoms with van der Waals surface area (Å²) in [4.78, 5) is 22.7. The number of aromatic nitrogens is 2. The van der Waals surface area contributed by atoms with Crippen LogP contribution in [-0.4, -0.2) is 40.2 Å². The largest absolute Gasteiger partial charge is 0.573 e. The summed E-state index contributed by atoms with van der Waals surface area (Å²) in [5, 5.41) is 3.27. The van der Waals surface area contributed by atoms with Gasteiger partial charge in [0.1, 0.15) is 5.75 Å². The fourth-order valence-electron chi connectivity index (χ4n) is 3.05. The maximum atomic E-state index is 12.2. The molecule has 1 fully saturated rings. The molecule has 0 aliphatic carbocycles. The lowest BCUT2D eigenvalue weighted by molar-refractivity contribution is -0.274. The number of carbonyl (C=O) groups is 1. The predicted octanol–water partition coefficient (Wildman–Crippen LogP) is 3.46. The van der Waals surface area contributed by atoms with E-state index in [0.29, 0.717) is 17.5 Å². The molecule has 10 heteroatoms. The monoisotopic (exact) mass is 400 g/mol. The van der Waals surface area contributed by atoms with Crippen molar-refractivity contribution in [2.45, 2.75) is 32.7 Å². The standard InChI is InChI=1S/C17H19F3N4O2S/c1-11(25)23-16-22-8-15(27-16)10-24-5-4-12(9-24)6-13-2-3-14(7-21-13)26-17(18,19)20/h2-3,7-8,12H,4-6,9-10H2,1H3,(H,22,23,25). The third-order valence-corrected chi connectivity index (χ3v) is 5.01. The number of likely N-dealkylation sites (tertiary alicyclic amines) is 1. The third kappa shape index (κ3) is 6.17. The van der Waals surface area contributed by atoms with Crippen LogP contribution in [-0.2, 0) is 17.8 Å². The van der Waals surface area contributed by atoms with Gasteiger partial charge in [0.2, 0.25) is 5.91 Å². The summed E-state index contributed by atoms with van der Waals surface area (Å²) < 4.78 is 40.4. The van der Waals surface area contributed by atoms with E-state index in [9.17, 15) is 18.0 Å². The average molecular weight is 400 g/mol. The normalized spacial score (nSPS) is 17.9. The zero-order valence-electron chi connectivity index (χ0n) is 14.6. The number of hydrogen-bond donors (Lipinski definition) is 1. The highest BCUT2D eigenvalue weighted by Crippen LogP contribution is 2.26. The topological polar surface area (TPSA) is 67.4 Å². The van der Waals surface area contributed by atoms with Crippen molar-refractivity contribution >= 4 is 22.4 Å². The number of ether oxygens (including phenoxy) is 1. The van der Waals surface area contributed by atoms with Gasteiger partial charge in [-0.3, -0.25) is 14.7 Å². The number of pyridine rings is 1. The minimum absolute atomic E-state index is 0.142. The van der Waals surface area contributed by atoms with Crippen LogP contribution in [0.2, 0.25) is 0 Å². The van der Waals surface area contributed by atoms with Gasteiger partial charge in [-0.25, -0.2) is 4.98 Å². The Hall–Kier alpha value is -2.20. The molecule has 1 saturated heterocycles. The molecule has 27 heavy (non-hydrogen) atoms. The Morgan fingerprint density at radius 2 is 2.19 bits per heavy atom. The Morgan fingerprint density at radius 3 is 2.85 bits per heavy atom. The molecule has 0 aromatic carbocycles. The number of nitrogens with one attached hydrogen (secondary N) is 1. The highest BCUT2D eigenvalue weighted by molar-refractivity contribution is 7.15. The van der Waals surface area contributed by atoms with Crippen molar-refractivity contribution in [3.63, 3.8) is 0 Å². The maximum absolute atomic E-state index is 12.2. The van der Waals surface area contributed by atoms with Crippen molar-refractivity contribution in [2.75, 3.05) is 18.4 Å². The molecule has 146 valence electrons. The van der Waals surface area contributed by atoms with Gasteiger partial charge >= 0.3 is 6.36 Å². The van der Waals surface area contributed by atoms with Crippen LogP contribution in [0.1, 0.15) is 23.9 Å². The van der Waals surface area contributed by atoms with Crippen LogP contribution in [0.5, 0.6) is 5.75 Å². The molecule has 3 heterocycles. The van der Waals surface area contributed by atoms with Crippen LogP contribution in [0.25, 0.3) is 0 Å². The van der Waals surface area contributed by atoms with Gasteiger partial charge in [-0.15, -0.1) is 24.5 Å². The summed E-state index contributed by atoms with van der Waals surface area (Å²) in [6.45, 7) is 4.03. The molecule has 1 atom stereocenters. The van der Waals surface area contributed by atoms with Gasteiger partial charge in [0.15, 0.2) is 5.13 Å². The lowest BCUT2D eigenvalue weighted by Crippen LogP contribution is -2.20. The number of rotatable bonds is 6. The van der Waals surface area contributed by atoms with Crippen LogP contribution >= 0.6 is 11.3 Å². The highest BCUT2D eigenvalue weighted by Gasteiger charge is 2.31.